The van der Waals surface area contributed by atoms with Crippen molar-refractivity contribution in [2.45, 2.75) is 23.5 Å². The van der Waals surface area contributed by atoms with Gasteiger partial charge in [0.1, 0.15) is 0 Å². The molecule has 5 nitrogen and oxygen atoms in total. The molecule has 0 aliphatic carbocycles. The number of rotatable bonds is 4. The van der Waals surface area contributed by atoms with Gasteiger partial charge in [-0.1, -0.05) is 23.2 Å². The van der Waals surface area contributed by atoms with E-state index in [2.05, 4.69) is 0 Å². The van der Waals surface area contributed by atoms with Gasteiger partial charge in [0.05, 0.1) is 11.0 Å². The van der Waals surface area contributed by atoms with E-state index in [1.807, 2.05) is 19.0 Å². The highest BCUT2D eigenvalue weighted by atomic mass is 35.5. The molecule has 1 aromatic rings. The third-order valence-electron chi connectivity index (χ3n) is 3.36. The average molecular weight is 353 g/mol. The maximum absolute atomic E-state index is 12.8. The Labute approximate surface area is 135 Å². The summed E-state index contributed by atoms with van der Waals surface area (Å²) in [5.74, 6) is 0. The lowest BCUT2D eigenvalue weighted by molar-refractivity contribution is 0.188. The molecule has 21 heavy (non-hydrogen) atoms. The van der Waals surface area contributed by atoms with Crippen molar-refractivity contribution >= 4 is 33.2 Å². The average Bonchev–Trinajstić information content (AvgIpc) is 2.68. The zero-order chi connectivity index (χ0) is 15.8. The first-order valence-electron chi connectivity index (χ1n) is 6.51. The molecule has 0 amide bonds. The van der Waals surface area contributed by atoms with Gasteiger partial charge in [-0.15, -0.1) is 0 Å². The van der Waals surface area contributed by atoms with Gasteiger partial charge < -0.3 is 10.0 Å². The van der Waals surface area contributed by atoms with Crippen molar-refractivity contribution in [1.29, 1.82) is 0 Å². The van der Waals surface area contributed by atoms with E-state index in [1.54, 1.807) is 0 Å². The Hall–Kier alpha value is -0.370. The molecule has 2 rings (SSSR count). The summed E-state index contributed by atoms with van der Waals surface area (Å²) in [5, 5.41) is 10.4. The minimum Gasteiger partial charge on any atom is -0.392 e. The van der Waals surface area contributed by atoms with Gasteiger partial charge in [-0.3, -0.25) is 0 Å². The lowest BCUT2D eigenvalue weighted by atomic mass is 10.2. The van der Waals surface area contributed by atoms with Crippen LogP contribution in [0.4, 0.5) is 0 Å². The first-order valence-corrected chi connectivity index (χ1v) is 8.70. The Bertz CT molecular complexity index is 602. The van der Waals surface area contributed by atoms with Crippen LogP contribution < -0.4 is 0 Å². The predicted molar refractivity (Wildman–Crippen MR) is 83.3 cm³/mol. The van der Waals surface area contributed by atoms with E-state index >= 15 is 0 Å². The molecule has 1 fully saturated rings. The molecule has 0 radical (unpaired) electrons. The van der Waals surface area contributed by atoms with Gasteiger partial charge >= 0.3 is 0 Å². The van der Waals surface area contributed by atoms with Gasteiger partial charge in [-0.2, -0.15) is 4.31 Å². The lowest BCUT2D eigenvalue weighted by Crippen LogP contribution is -2.41. The third kappa shape index (κ3) is 3.88. The van der Waals surface area contributed by atoms with E-state index in [-0.39, 0.29) is 27.5 Å². The van der Waals surface area contributed by atoms with Crippen LogP contribution in [0.1, 0.15) is 6.42 Å². The number of benzene rings is 1. The maximum atomic E-state index is 12.8. The Morgan fingerprint density at radius 1 is 1.29 bits per heavy atom. The fourth-order valence-corrected chi connectivity index (χ4v) is 4.95. The van der Waals surface area contributed by atoms with Gasteiger partial charge in [0, 0.05) is 29.2 Å². The summed E-state index contributed by atoms with van der Waals surface area (Å²) < 4.78 is 26.8. The molecule has 2 atom stereocenters. The number of aliphatic hydroxyl groups excluding tert-OH is 1. The van der Waals surface area contributed by atoms with E-state index in [1.165, 1.54) is 22.5 Å². The van der Waals surface area contributed by atoms with Crippen molar-refractivity contribution in [3.63, 3.8) is 0 Å². The number of halogens is 2. The van der Waals surface area contributed by atoms with E-state index in [4.69, 9.17) is 23.2 Å². The van der Waals surface area contributed by atoms with Crippen LogP contribution in [-0.2, 0) is 10.0 Å². The Balaban J connectivity index is 2.37. The van der Waals surface area contributed by atoms with Crippen LogP contribution in [-0.4, -0.2) is 62.1 Å². The standard InChI is InChI=1S/C13H18Cl2N2O3S/c1-16(2)7-11-6-12(18)8-17(11)21(19,20)13-4-9(14)3-10(15)5-13/h3-5,11-12,18H,6-8H2,1-2H3. The highest BCUT2D eigenvalue weighted by molar-refractivity contribution is 7.89. The van der Waals surface area contributed by atoms with Crippen molar-refractivity contribution in [2.75, 3.05) is 27.2 Å². The maximum Gasteiger partial charge on any atom is 0.243 e. The van der Waals surface area contributed by atoms with Crippen LogP contribution in [0, 0.1) is 0 Å². The summed E-state index contributed by atoms with van der Waals surface area (Å²) in [5.41, 5.74) is 0. The van der Waals surface area contributed by atoms with Crippen LogP contribution in [0.5, 0.6) is 0 Å². The minimum atomic E-state index is -3.73. The van der Waals surface area contributed by atoms with Gasteiger partial charge in [-0.25, -0.2) is 8.42 Å². The quantitative estimate of drug-likeness (QED) is 0.895. The molecule has 1 heterocycles. The van der Waals surface area contributed by atoms with Gasteiger partial charge in [0.2, 0.25) is 10.0 Å². The van der Waals surface area contributed by atoms with Crippen LogP contribution >= 0.6 is 23.2 Å². The zero-order valence-corrected chi connectivity index (χ0v) is 14.2. The van der Waals surface area contributed by atoms with Crippen LogP contribution in [0.2, 0.25) is 10.0 Å². The van der Waals surface area contributed by atoms with E-state index in [9.17, 15) is 13.5 Å². The number of likely N-dealkylation sites (N-methyl/N-ethyl adjacent to an activating group) is 1. The Morgan fingerprint density at radius 2 is 1.86 bits per heavy atom. The highest BCUT2D eigenvalue weighted by Crippen LogP contribution is 2.30. The molecule has 1 aromatic carbocycles. The van der Waals surface area contributed by atoms with Gasteiger partial charge in [0.15, 0.2) is 0 Å². The predicted octanol–water partition coefficient (Wildman–Crippen LogP) is 1.68. The number of nitrogens with zero attached hydrogens (tertiary/aromatic N) is 2. The topological polar surface area (TPSA) is 60.9 Å². The van der Waals surface area contributed by atoms with Crippen molar-refractivity contribution in [3.05, 3.63) is 28.2 Å². The number of hydrogen-bond acceptors (Lipinski definition) is 4. The number of β-amino-alcohol motifs (C(OH)–C–C–N with tert-alkyl or cyclic N) is 1. The first-order chi connectivity index (χ1) is 9.70. The first kappa shape index (κ1) is 17.0. The van der Waals surface area contributed by atoms with Crippen LogP contribution in [0.3, 0.4) is 0 Å². The molecule has 0 saturated carbocycles. The minimum absolute atomic E-state index is 0.0536. The molecule has 0 bridgehead atoms. The fourth-order valence-electron chi connectivity index (χ4n) is 2.56. The van der Waals surface area contributed by atoms with Crippen molar-refractivity contribution in [3.8, 4) is 0 Å². The summed E-state index contributed by atoms with van der Waals surface area (Å²) in [6.45, 7) is 0.634. The lowest BCUT2D eigenvalue weighted by Gasteiger charge is -2.26. The normalized spacial score (nSPS) is 23.9. The van der Waals surface area contributed by atoms with Crippen molar-refractivity contribution in [1.82, 2.24) is 9.21 Å². The summed E-state index contributed by atoms with van der Waals surface area (Å²) >= 11 is 11.8. The van der Waals surface area contributed by atoms with Crippen molar-refractivity contribution < 1.29 is 13.5 Å². The smallest absolute Gasteiger partial charge is 0.243 e. The second-order valence-electron chi connectivity index (χ2n) is 5.49. The molecule has 1 aliphatic heterocycles. The largest absolute Gasteiger partial charge is 0.392 e. The Kier molecular flexibility index (Phi) is 5.18. The summed E-state index contributed by atoms with van der Waals surface area (Å²) in [7, 11) is 0.00000352. The molecular formula is C13H18Cl2N2O3S. The fraction of sp³-hybridized carbons (Fsp3) is 0.538. The van der Waals surface area contributed by atoms with Gasteiger partial charge in [-0.05, 0) is 38.7 Å². The SMILES string of the molecule is CN(C)CC1CC(O)CN1S(=O)(=O)c1cc(Cl)cc(Cl)c1. The molecule has 0 spiro atoms. The van der Waals surface area contributed by atoms with Crippen molar-refractivity contribution in [2.24, 2.45) is 0 Å². The Morgan fingerprint density at radius 3 is 2.38 bits per heavy atom. The second-order valence-corrected chi connectivity index (χ2v) is 8.25. The summed E-state index contributed by atoms with van der Waals surface area (Å²) in [4.78, 5) is 1.95. The van der Waals surface area contributed by atoms with Crippen LogP contribution in [0.15, 0.2) is 23.1 Å². The molecule has 118 valence electrons. The third-order valence-corrected chi connectivity index (χ3v) is 5.69. The monoisotopic (exact) mass is 352 g/mol. The second kappa shape index (κ2) is 6.40. The molecular weight excluding hydrogens is 335 g/mol. The molecule has 8 heteroatoms. The molecule has 1 saturated heterocycles. The van der Waals surface area contributed by atoms with Crippen LogP contribution in [0.25, 0.3) is 0 Å². The number of sulfonamides is 1. The summed E-state index contributed by atoms with van der Waals surface area (Å²) in [6.07, 6.45) is -0.231. The molecule has 1 N–H and O–H groups in total. The highest BCUT2D eigenvalue weighted by Gasteiger charge is 2.39. The van der Waals surface area contributed by atoms with E-state index in [0.717, 1.165) is 0 Å². The molecule has 0 aromatic heterocycles. The van der Waals surface area contributed by atoms with E-state index in [0.29, 0.717) is 13.0 Å². The molecule has 1 aliphatic rings. The number of aliphatic hydroxyl groups is 1. The van der Waals surface area contributed by atoms with E-state index < -0.39 is 16.1 Å². The number of hydrogen-bond donors (Lipinski definition) is 1. The molecule has 2 unspecified atom stereocenters. The zero-order valence-electron chi connectivity index (χ0n) is 11.8. The summed E-state index contributed by atoms with van der Waals surface area (Å²) in [6, 6.07) is 3.97. The van der Waals surface area contributed by atoms with Gasteiger partial charge in [0.25, 0.3) is 0 Å².